The summed E-state index contributed by atoms with van der Waals surface area (Å²) in [7, 11) is 1.93. The number of fused-ring (bicyclic) bond motifs is 1. The molecule has 3 aromatic rings. The normalized spacial score (nSPS) is 20.7. The van der Waals surface area contributed by atoms with Gasteiger partial charge >= 0.3 is 0 Å². The molecule has 1 aliphatic heterocycles. The van der Waals surface area contributed by atoms with E-state index in [0.717, 1.165) is 59.3 Å². The summed E-state index contributed by atoms with van der Waals surface area (Å²) >= 11 is 1.64. The summed E-state index contributed by atoms with van der Waals surface area (Å²) in [6.45, 7) is 0.811. The Balaban J connectivity index is 1.41. The number of phenols is 1. The SMILES string of the molecule is CNC(C(=O)N1CCCC1c1nc(-c2ccc(O)c3ccccc23)cs1)C1CCCCC1. The molecule has 6 heteroatoms. The molecule has 5 nitrogen and oxygen atoms in total. The first-order valence-corrected chi connectivity index (χ1v) is 12.7. The molecule has 2 aliphatic rings. The number of hydrogen-bond acceptors (Lipinski definition) is 5. The number of hydrogen-bond donors (Lipinski definition) is 2. The van der Waals surface area contributed by atoms with Gasteiger partial charge in [-0.2, -0.15) is 0 Å². The van der Waals surface area contributed by atoms with Crippen molar-refractivity contribution < 1.29 is 9.90 Å². The van der Waals surface area contributed by atoms with E-state index in [2.05, 4.69) is 15.6 Å². The minimum absolute atomic E-state index is 0.0593. The van der Waals surface area contributed by atoms with E-state index in [4.69, 9.17) is 4.98 Å². The van der Waals surface area contributed by atoms with Crippen LogP contribution < -0.4 is 5.32 Å². The van der Waals surface area contributed by atoms with Gasteiger partial charge in [-0.25, -0.2) is 4.98 Å². The fourth-order valence-electron chi connectivity index (χ4n) is 5.57. The molecule has 0 bridgehead atoms. The highest BCUT2D eigenvalue weighted by molar-refractivity contribution is 7.10. The van der Waals surface area contributed by atoms with Crippen molar-refractivity contribution in [1.82, 2.24) is 15.2 Å². The van der Waals surface area contributed by atoms with Gasteiger partial charge in [0.2, 0.25) is 5.91 Å². The maximum atomic E-state index is 13.6. The first kappa shape index (κ1) is 21.4. The van der Waals surface area contributed by atoms with Crippen LogP contribution in [0.5, 0.6) is 5.75 Å². The van der Waals surface area contributed by atoms with Crippen LogP contribution in [0.4, 0.5) is 0 Å². The Morgan fingerprint density at radius 2 is 1.88 bits per heavy atom. The highest BCUT2D eigenvalue weighted by atomic mass is 32.1. The number of aromatic hydroxyl groups is 1. The molecule has 0 radical (unpaired) electrons. The number of nitrogens with zero attached hydrogens (tertiary/aromatic N) is 2. The van der Waals surface area contributed by atoms with Gasteiger partial charge in [-0.1, -0.05) is 43.5 Å². The lowest BCUT2D eigenvalue weighted by molar-refractivity contribution is -0.136. The number of rotatable bonds is 5. The van der Waals surface area contributed by atoms with Crippen LogP contribution in [-0.2, 0) is 4.79 Å². The summed E-state index contributed by atoms with van der Waals surface area (Å²) in [5.41, 5.74) is 1.94. The Labute approximate surface area is 193 Å². The van der Waals surface area contributed by atoms with Crippen LogP contribution in [0.15, 0.2) is 41.8 Å². The number of likely N-dealkylation sites (tertiary alicyclic amines) is 1. The number of amides is 1. The van der Waals surface area contributed by atoms with E-state index >= 15 is 0 Å². The Kier molecular flexibility index (Phi) is 6.15. The number of aromatic nitrogens is 1. The molecule has 1 aromatic heterocycles. The van der Waals surface area contributed by atoms with Crippen molar-refractivity contribution in [3.8, 4) is 17.0 Å². The summed E-state index contributed by atoms with van der Waals surface area (Å²) in [6.07, 6.45) is 8.04. The van der Waals surface area contributed by atoms with Gasteiger partial charge in [-0.3, -0.25) is 4.79 Å². The summed E-state index contributed by atoms with van der Waals surface area (Å²) in [5, 5.41) is 18.5. The standard InChI is InChI=1S/C26H31N3O2S/c1-27-24(17-8-3-2-4-9-17)26(31)29-15-7-12-22(29)25-28-21(16-32-25)19-13-14-23(30)20-11-6-5-10-18(19)20/h5-6,10-11,13-14,16-17,22,24,27,30H,2-4,7-9,12,15H2,1H3. The zero-order valence-electron chi connectivity index (χ0n) is 18.6. The van der Waals surface area contributed by atoms with E-state index in [0.29, 0.717) is 5.92 Å². The first-order valence-electron chi connectivity index (χ1n) is 11.8. The van der Waals surface area contributed by atoms with Gasteiger partial charge in [-0.15, -0.1) is 11.3 Å². The smallest absolute Gasteiger partial charge is 0.240 e. The molecule has 1 saturated carbocycles. The molecule has 5 rings (SSSR count). The van der Waals surface area contributed by atoms with Crippen molar-refractivity contribution in [2.45, 2.75) is 57.0 Å². The zero-order chi connectivity index (χ0) is 22.1. The molecule has 2 heterocycles. The lowest BCUT2D eigenvalue weighted by atomic mass is 9.83. The monoisotopic (exact) mass is 449 g/mol. The molecule has 1 saturated heterocycles. The summed E-state index contributed by atoms with van der Waals surface area (Å²) in [5.74, 6) is 0.972. The van der Waals surface area contributed by atoms with Gasteiger partial charge in [0.25, 0.3) is 0 Å². The average molecular weight is 450 g/mol. The lowest BCUT2D eigenvalue weighted by Crippen LogP contribution is -2.49. The van der Waals surface area contributed by atoms with Gasteiger partial charge in [0.1, 0.15) is 10.8 Å². The number of thiazole rings is 1. The fraction of sp³-hybridized carbons (Fsp3) is 0.462. The van der Waals surface area contributed by atoms with Crippen molar-refractivity contribution in [1.29, 1.82) is 0 Å². The Morgan fingerprint density at radius 1 is 1.09 bits per heavy atom. The quantitative estimate of drug-likeness (QED) is 0.540. The van der Waals surface area contributed by atoms with Crippen molar-refractivity contribution in [3.05, 3.63) is 46.8 Å². The van der Waals surface area contributed by atoms with E-state index in [9.17, 15) is 9.90 Å². The number of nitrogens with one attached hydrogen (secondary N) is 1. The molecular formula is C26H31N3O2S. The maximum absolute atomic E-state index is 13.6. The van der Waals surface area contributed by atoms with Crippen molar-refractivity contribution in [2.75, 3.05) is 13.6 Å². The minimum atomic E-state index is -0.0867. The first-order chi connectivity index (χ1) is 15.7. The predicted octanol–water partition coefficient (Wildman–Crippen LogP) is 5.50. The van der Waals surface area contributed by atoms with E-state index in [1.165, 1.54) is 19.3 Å². The van der Waals surface area contributed by atoms with Crippen LogP contribution >= 0.6 is 11.3 Å². The van der Waals surface area contributed by atoms with Crippen molar-refractivity contribution in [3.63, 3.8) is 0 Å². The van der Waals surface area contributed by atoms with E-state index in [-0.39, 0.29) is 23.7 Å². The van der Waals surface area contributed by atoms with Crippen LogP contribution in [0.25, 0.3) is 22.0 Å². The molecule has 2 N–H and O–H groups in total. The molecule has 1 amide bonds. The Bertz CT molecular complexity index is 1110. The maximum Gasteiger partial charge on any atom is 0.240 e. The molecule has 2 unspecified atom stereocenters. The lowest BCUT2D eigenvalue weighted by Gasteiger charge is -2.34. The highest BCUT2D eigenvalue weighted by Gasteiger charge is 2.38. The third kappa shape index (κ3) is 3.90. The van der Waals surface area contributed by atoms with Gasteiger partial charge in [0.05, 0.1) is 17.8 Å². The second-order valence-electron chi connectivity index (χ2n) is 9.10. The third-order valence-electron chi connectivity index (χ3n) is 7.22. The molecule has 2 fully saturated rings. The topological polar surface area (TPSA) is 65.5 Å². The van der Waals surface area contributed by atoms with Gasteiger partial charge < -0.3 is 15.3 Å². The predicted molar refractivity (Wildman–Crippen MR) is 130 cm³/mol. The molecule has 168 valence electrons. The van der Waals surface area contributed by atoms with Crippen molar-refractivity contribution in [2.24, 2.45) is 5.92 Å². The van der Waals surface area contributed by atoms with E-state index in [1.807, 2.05) is 37.4 Å². The molecule has 0 spiro atoms. The summed E-state index contributed by atoms with van der Waals surface area (Å²) < 4.78 is 0. The number of likely N-dealkylation sites (N-methyl/N-ethyl adjacent to an activating group) is 1. The van der Waals surface area contributed by atoms with Crippen molar-refractivity contribution >= 4 is 28.0 Å². The zero-order valence-corrected chi connectivity index (χ0v) is 19.4. The van der Waals surface area contributed by atoms with Gasteiger partial charge in [0.15, 0.2) is 0 Å². The molecule has 1 aliphatic carbocycles. The van der Waals surface area contributed by atoms with Crippen LogP contribution in [-0.4, -0.2) is 40.5 Å². The molecular weight excluding hydrogens is 418 g/mol. The Morgan fingerprint density at radius 3 is 2.66 bits per heavy atom. The molecule has 32 heavy (non-hydrogen) atoms. The van der Waals surface area contributed by atoms with Crippen LogP contribution in [0.2, 0.25) is 0 Å². The molecule has 2 aromatic carbocycles. The summed E-state index contributed by atoms with van der Waals surface area (Å²) in [4.78, 5) is 20.6. The van der Waals surface area contributed by atoms with Gasteiger partial charge in [-0.05, 0) is 56.2 Å². The summed E-state index contributed by atoms with van der Waals surface area (Å²) in [6, 6.07) is 11.5. The largest absolute Gasteiger partial charge is 0.507 e. The molecule has 2 atom stereocenters. The van der Waals surface area contributed by atoms with Gasteiger partial charge in [0, 0.05) is 22.9 Å². The van der Waals surface area contributed by atoms with E-state index in [1.54, 1.807) is 17.4 Å². The minimum Gasteiger partial charge on any atom is -0.507 e. The second kappa shape index (κ2) is 9.20. The third-order valence-corrected chi connectivity index (χ3v) is 8.16. The van der Waals surface area contributed by atoms with E-state index < -0.39 is 0 Å². The van der Waals surface area contributed by atoms with Crippen LogP contribution in [0.3, 0.4) is 0 Å². The fourth-order valence-corrected chi connectivity index (χ4v) is 6.53. The number of benzene rings is 2. The average Bonchev–Trinajstić information content (AvgIpc) is 3.50. The van der Waals surface area contributed by atoms with Crippen LogP contribution in [0.1, 0.15) is 56.0 Å². The number of carbonyl (C=O) groups excluding carboxylic acids is 1. The Hall–Kier alpha value is -2.44. The number of phenolic OH excluding ortho intramolecular Hbond substituents is 1. The number of carbonyl (C=O) groups is 1. The van der Waals surface area contributed by atoms with Crippen LogP contribution in [0, 0.1) is 5.92 Å². The second-order valence-corrected chi connectivity index (χ2v) is 9.99. The highest BCUT2D eigenvalue weighted by Crippen LogP contribution is 2.39.